The van der Waals surface area contributed by atoms with Gasteiger partial charge in [-0.3, -0.25) is 9.69 Å². The smallest absolute Gasteiger partial charge is 0.146 e. The molecule has 1 fully saturated rings. The number of hydrogen-bond acceptors (Lipinski definition) is 5. The molecule has 1 aromatic heterocycles. The minimum absolute atomic E-state index is 0.202. The molecule has 1 saturated heterocycles. The van der Waals surface area contributed by atoms with Crippen LogP contribution in [0.25, 0.3) is 16.6 Å². The van der Waals surface area contributed by atoms with Crippen molar-refractivity contribution in [2.45, 2.75) is 58.9 Å². The molecule has 2 aromatic rings. The second-order valence-electron chi connectivity index (χ2n) is 8.90. The number of nitrogens with zero attached hydrogens (tertiary/aromatic N) is 3. The number of thioether (sulfide) groups is 1. The second-order valence-corrected chi connectivity index (χ2v) is 9.93. The van der Waals surface area contributed by atoms with E-state index in [1.807, 2.05) is 32.5 Å². The maximum atomic E-state index is 12.0. The molecule has 0 saturated carbocycles. The zero-order valence-electron chi connectivity index (χ0n) is 21.5. The molecule has 33 heavy (non-hydrogen) atoms. The van der Waals surface area contributed by atoms with E-state index in [1.54, 1.807) is 0 Å². The van der Waals surface area contributed by atoms with Crippen molar-refractivity contribution in [2.75, 3.05) is 26.9 Å². The molecule has 0 spiro atoms. The standard InChI is InChI=1S/C26H33N3OS.C2H6/c1-7-19-20-10-8-9-11-23(20)27-25-21(19)15-28(4)24(25)14-22(17(2)16-30)26(31-6)18(3)12-13-29(26)5;1-2/h8-11,14,16,18H,7,12-13,15H2,1-6H3;1-2H3/b22-17+,24-14-;. The summed E-state index contributed by atoms with van der Waals surface area (Å²) in [5.74, 6) is 0.455. The zero-order chi connectivity index (χ0) is 24.3. The predicted octanol–water partition coefficient (Wildman–Crippen LogP) is 6.16. The zero-order valence-corrected chi connectivity index (χ0v) is 22.3. The fraction of sp³-hybridized carbons (Fsp3) is 0.500. The van der Waals surface area contributed by atoms with Crippen molar-refractivity contribution < 1.29 is 4.79 Å². The highest BCUT2D eigenvalue weighted by atomic mass is 32.2. The highest BCUT2D eigenvalue weighted by Gasteiger charge is 2.47. The van der Waals surface area contributed by atoms with Crippen molar-refractivity contribution in [3.8, 4) is 0 Å². The third kappa shape index (κ3) is 4.15. The van der Waals surface area contributed by atoms with Crippen LogP contribution in [0.5, 0.6) is 0 Å². The summed E-state index contributed by atoms with van der Waals surface area (Å²) >= 11 is 1.85. The Hall–Kier alpha value is -2.11. The third-order valence-corrected chi connectivity index (χ3v) is 8.78. The number of carbonyl (C=O) groups excluding carboxylic acids is 1. The van der Waals surface area contributed by atoms with Crippen molar-refractivity contribution >= 4 is 34.6 Å². The van der Waals surface area contributed by atoms with Gasteiger partial charge in [0.15, 0.2) is 0 Å². The summed E-state index contributed by atoms with van der Waals surface area (Å²) < 4.78 is 0. The number of hydrogen-bond donors (Lipinski definition) is 0. The lowest BCUT2D eigenvalue weighted by Crippen LogP contribution is -2.44. The molecular weight excluding hydrogens is 426 g/mol. The predicted molar refractivity (Wildman–Crippen MR) is 143 cm³/mol. The lowest BCUT2D eigenvalue weighted by Gasteiger charge is -2.40. The van der Waals surface area contributed by atoms with Crippen LogP contribution in [0.2, 0.25) is 0 Å². The van der Waals surface area contributed by atoms with Gasteiger partial charge in [0.25, 0.3) is 0 Å². The molecule has 2 aliphatic heterocycles. The van der Waals surface area contributed by atoms with Gasteiger partial charge in [-0.1, -0.05) is 45.9 Å². The Labute approximate surface area is 204 Å². The highest BCUT2D eigenvalue weighted by molar-refractivity contribution is 8.00. The molecule has 5 heteroatoms. The maximum absolute atomic E-state index is 12.0. The normalized spacial score (nSPS) is 24.5. The summed E-state index contributed by atoms with van der Waals surface area (Å²) in [6, 6.07) is 8.44. The lowest BCUT2D eigenvalue weighted by molar-refractivity contribution is -0.104. The molecule has 3 heterocycles. The van der Waals surface area contributed by atoms with Gasteiger partial charge in [-0.2, -0.15) is 0 Å². The molecule has 0 aliphatic carbocycles. The minimum Gasteiger partial charge on any atom is -0.368 e. The number of carbonyl (C=O) groups is 1. The first-order valence-corrected chi connectivity index (χ1v) is 13.4. The van der Waals surface area contributed by atoms with Crippen LogP contribution in [-0.4, -0.2) is 52.8 Å². The summed E-state index contributed by atoms with van der Waals surface area (Å²) in [5.41, 5.74) is 7.86. The number of benzene rings is 1. The Bertz CT molecular complexity index is 1080. The molecule has 4 rings (SSSR count). The topological polar surface area (TPSA) is 36.4 Å². The average molecular weight is 466 g/mol. The summed E-state index contributed by atoms with van der Waals surface area (Å²) in [6.07, 6.45) is 7.56. The van der Waals surface area contributed by atoms with Crippen molar-refractivity contribution in [1.29, 1.82) is 0 Å². The monoisotopic (exact) mass is 465 g/mol. The van der Waals surface area contributed by atoms with Crippen LogP contribution in [0, 0.1) is 5.92 Å². The first-order chi connectivity index (χ1) is 15.9. The molecule has 0 radical (unpaired) electrons. The van der Waals surface area contributed by atoms with Gasteiger partial charge in [-0.15, -0.1) is 11.8 Å². The molecule has 0 bridgehead atoms. The van der Waals surface area contributed by atoms with Crippen LogP contribution >= 0.6 is 11.8 Å². The number of aromatic nitrogens is 1. The van der Waals surface area contributed by atoms with E-state index in [-0.39, 0.29) is 4.87 Å². The number of fused-ring (bicyclic) bond motifs is 2. The summed E-state index contributed by atoms with van der Waals surface area (Å²) in [6.45, 7) is 12.4. The Kier molecular flexibility index (Phi) is 8.07. The van der Waals surface area contributed by atoms with E-state index >= 15 is 0 Å². The van der Waals surface area contributed by atoms with Crippen molar-refractivity contribution in [1.82, 2.24) is 14.8 Å². The molecular formula is C28H39N3OS. The summed E-state index contributed by atoms with van der Waals surface area (Å²) in [4.78, 5) is 21.6. The molecule has 2 unspecified atom stereocenters. The molecule has 0 amide bonds. The molecule has 4 nitrogen and oxygen atoms in total. The summed E-state index contributed by atoms with van der Waals surface area (Å²) in [7, 11) is 4.32. The lowest BCUT2D eigenvalue weighted by atomic mass is 9.90. The average Bonchev–Trinajstić information content (AvgIpc) is 3.31. The number of allylic oxidation sites excluding steroid dienone is 1. The van der Waals surface area contributed by atoms with E-state index in [4.69, 9.17) is 4.98 Å². The van der Waals surface area contributed by atoms with E-state index in [0.717, 1.165) is 60.3 Å². The van der Waals surface area contributed by atoms with E-state index in [1.165, 1.54) is 16.5 Å². The van der Waals surface area contributed by atoms with E-state index in [0.29, 0.717) is 5.92 Å². The van der Waals surface area contributed by atoms with E-state index in [9.17, 15) is 4.79 Å². The first kappa shape index (κ1) is 25.5. The quantitative estimate of drug-likeness (QED) is 0.391. The van der Waals surface area contributed by atoms with E-state index in [2.05, 4.69) is 74.3 Å². The Morgan fingerprint density at radius 2 is 1.97 bits per heavy atom. The first-order valence-electron chi connectivity index (χ1n) is 12.2. The fourth-order valence-corrected chi connectivity index (χ4v) is 6.91. The highest BCUT2D eigenvalue weighted by Crippen LogP contribution is 2.49. The fourth-order valence-electron chi connectivity index (χ4n) is 5.55. The van der Waals surface area contributed by atoms with Gasteiger partial charge in [0.05, 0.1) is 21.8 Å². The number of pyridine rings is 1. The number of aldehydes is 1. The third-order valence-electron chi connectivity index (χ3n) is 7.23. The van der Waals surface area contributed by atoms with Crippen LogP contribution in [0.3, 0.4) is 0 Å². The minimum atomic E-state index is -0.202. The van der Waals surface area contributed by atoms with Gasteiger partial charge < -0.3 is 4.90 Å². The molecule has 2 atom stereocenters. The second kappa shape index (κ2) is 10.4. The van der Waals surface area contributed by atoms with Crippen molar-refractivity contribution in [3.05, 3.63) is 58.3 Å². The largest absolute Gasteiger partial charge is 0.368 e. The number of likely N-dealkylation sites (N-methyl/N-ethyl adjacent to an activating group) is 1. The van der Waals surface area contributed by atoms with Crippen molar-refractivity contribution in [3.63, 3.8) is 0 Å². The van der Waals surface area contributed by atoms with Gasteiger partial charge in [-0.25, -0.2) is 4.98 Å². The maximum Gasteiger partial charge on any atom is 0.146 e. The number of likely N-dealkylation sites (tertiary alicyclic amines) is 1. The number of rotatable bonds is 5. The van der Waals surface area contributed by atoms with E-state index < -0.39 is 0 Å². The van der Waals surface area contributed by atoms with Gasteiger partial charge >= 0.3 is 0 Å². The molecule has 0 N–H and O–H groups in total. The SMILES string of the molecule is CC.CCc1c2c(nc3ccccc13)/C(=C/C(=C(/C)C=O)C1(SC)C(C)CCN1C)N(C)C2. The van der Waals surface area contributed by atoms with Crippen LogP contribution in [0.1, 0.15) is 57.9 Å². The van der Waals surface area contributed by atoms with Gasteiger partial charge in [0.2, 0.25) is 0 Å². The molecule has 2 aliphatic rings. The number of para-hydroxylation sites is 1. The number of aryl methyl sites for hydroxylation is 1. The Balaban J connectivity index is 0.00000149. The Morgan fingerprint density at radius 3 is 2.55 bits per heavy atom. The van der Waals surface area contributed by atoms with Gasteiger partial charge in [0.1, 0.15) is 6.29 Å². The summed E-state index contributed by atoms with van der Waals surface area (Å²) in [5, 5.41) is 1.25. The van der Waals surface area contributed by atoms with Gasteiger partial charge in [0, 0.05) is 24.5 Å². The Morgan fingerprint density at radius 1 is 1.27 bits per heavy atom. The molecule has 1 aromatic carbocycles. The van der Waals surface area contributed by atoms with Gasteiger partial charge in [-0.05, 0) is 74.4 Å². The van der Waals surface area contributed by atoms with Crippen LogP contribution in [-0.2, 0) is 17.8 Å². The van der Waals surface area contributed by atoms with Crippen LogP contribution in [0.15, 0.2) is 41.5 Å². The van der Waals surface area contributed by atoms with Crippen LogP contribution < -0.4 is 0 Å². The molecule has 178 valence electrons. The van der Waals surface area contributed by atoms with Crippen molar-refractivity contribution in [2.24, 2.45) is 5.92 Å². The van der Waals surface area contributed by atoms with Crippen LogP contribution in [0.4, 0.5) is 0 Å².